The van der Waals surface area contributed by atoms with E-state index < -0.39 is 12.1 Å². The van der Waals surface area contributed by atoms with E-state index in [4.69, 9.17) is 10.5 Å². The van der Waals surface area contributed by atoms with Crippen LogP contribution >= 0.6 is 0 Å². The van der Waals surface area contributed by atoms with Crippen LogP contribution in [0.4, 0.5) is 0 Å². The van der Waals surface area contributed by atoms with Gasteiger partial charge in [-0.25, -0.2) is 0 Å². The van der Waals surface area contributed by atoms with E-state index in [9.17, 15) is 10.2 Å². The van der Waals surface area contributed by atoms with Crippen molar-refractivity contribution in [2.24, 2.45) is 5.73 Å². The molecule has 0 aliphatic heterocycles. The Kier molecular flexibility index (Phi) is 3.78. The van der Waals surface area contributed by atoms with Gasteiger partial charge in [-0.15, -0.1) is 0 Å². The average molecular weight is 225 g/mol. The first kappa shape index (κ1) is 12.8. The molecule has 0 saturated heterocycles. The number of nitrogens with two attached hydrogens (primary N) is 1. The third kappa shape index (κ3) is 2.13. The third-order valence-electron chi connectivity index (χ3n) is 2.68. The van der Waals surface area contributed by atoms with E-state index in [1.807, 2.05) is 19.9 Å². The van der Waals surface area contributed by atoms with Crippen LogP contribution in [0.1, 0.15) is 29.7 Å². The van der Waals surface area contributed by atoms with Gasteiger partial charge in [-0.3, -0.25) is 0 Å². The second-order valence-electron chi connectivity index (χ2n) is 4.11. The molecule has 0 heterocycles. The number of aromatic hydroxyl groups is 1. The van der Waals surface area contributed by atoms with Crippen LogP contribution in [-0.2, 0) is 0 Å². The third-order valence-corrected chi connectivity index (χ3v) is 2.68. The largest absolute Gasteiger partial charge is 0.504 e. The molecule has 90 valence electrons. The summed E-state index contributed by atoms with van der Waals surface area (Å²) in [6.45, 7) is 5.36. The fraction of sp³-hybridized carbons (Fsp3) is 0.500. The number of phenolic OH excluding ortho intramolecular Hbond substituents is 1. The number of ether oxygens (including phenoxy) is 1. The molecule has 0 radical (unpaired) electrons. The summed E-state index contributed by atoms with van der Waals surface area (Å²) in [5.74, 6) is 0.366. The lowest BCUT2D eigenvalue weighted by atomic mass is 9.95. The molecule has 2 atom stereocenters. The Hall–Kier alpha value is -1.26. The molecule has 0 aliphatic rings. The summed E-state index contributed by atoms with van der Waals surface area (Å²) in [7, 11) is 1.49. The second kappa shape index (κ2) is 4.72. The van der Waals surface area contributed by atoms with Crippen LogP contribution < -0.4 is 10.5 Å². The number of benzene rings is 1. The number of rotatable bonds is 3. The first-order chi connectivity index (χ1) is 7.40. The van der Waals surface area contributed by atoms with Crippen LogP contribution in [0, 0.1) is 13.8 Å². The van der Waals surface area contributed by atoms with E-state index in [-0.39, 0.29) is 5.75 Å². The minimum Gasteiger partial charge on any atom is -0.504 e. The number of aliphatic hydroxyl groups is 1. The number of aryl methyl sites for hydroxylation is 2. The quantitative estimate of drug-likeness (QED) is 0.726. The Morgan fingerprint density at radius 3 is 2.31 bits per heavy atom. The van der Waals surface area contributed by atoms with Crippen LogP contribution in [0.5, 0.6) is 11.5 Å². The first-order valence-corrected chi connectivity index (χ1v) is 5.20. The predicted molar refractivity (Wildman–Crippen MR) is 62.7 cm³/mol. The van der Waals surface area contributed by atoms with E-state index >= 15 is 0 Å². The SMILES string of the molecule is COc1c(C)cc(C)c(C(O)C(C)N)c1O. The van der Waals surface area contributed by atoms with Crippen LogP contribution in [0.25, 0.3) is 0 Å². The zero-order valence-corrected chi connectivity index (χ0v) is 10.1. The normalized spacial score (nSPS) is 14.6. The number of methoxy groups -OCH3 is 1. The first-order valence-electron chi connectivity index (χ1n) is 5.20. The predicted octanol–water partition coefficient (Wildman–Crippen LogP) is 1.40. The Morgan fingerprint density at radius 2 is 1.88 bits per heavy atom. The minimum absolute atomic E-state index is 0.0233. The zero-order valence-electron chi connectivity index (χ0n) is 10.1. The average Bonchev–Trinajstić information content (AvgIpc) is 2.17. The van der Waals surface area contributed by atoms with Crippen molar-refractivity contribution < 1.29 is 14.9 Å². The van der Waals surface area contributed by atoms with Gasteiger partial charge in [0, 0.05) is 11.6 Å². The van der Waals surface area contributed by atoms with Gasteiger partial charge in [0.1, 0.15) is 0 Å². The van der Waals surface area contributed by atoms with Crippen molar-refractivity contribution >= 4 is 0 Å². The van der Waals surface area contributed by atoms with Crippen LogP contribution in [0.15, 0.2) is 6.07 Å². The summed E-state index contributed by atoms with van der Waals surface area (Å²) in [5, 5.41) is 20.0. The molecular weight excluding hydrogens is 206 g/mol. The fourth-order valence-electron chi connectivity index (χ4n) is 1.86. The van der Waals surface area contributed by atoms with Crippen LogP contribution in [-0.4, -0.2) is 23.4 Å². The van der Waals surface area contributed by atoms with Crippen molar-refractivity contribution in [2.75, 3.05) is 7.11 Å². The lowest BCUT2D eigenvalue weighted by Gasteiger charge is -2.21. The summed E-state index contributed by atoms with van der Waals surface area (Å²) in [6.07, 6.45) is -0.894. The van der Waals surface area contributed by atoms with Gasteiger partial charge in [-0.1, -0.05) is 6.07 Å². The lowest BCUT2D eigenvalue weighted by Crippen LogP contribution is -2.25. The Bertz CT molecular complexity index is 388. The number of aliphatic hydroxyl groups excluding tert-OH is 1. The number of hydrogen-bond donors (Lipinski definition) is 3. The van der Waals surface area contributed by atoms with Gasteiger partial charge in [0.25, 0.3) is 0 Å². The standard InChI is InChI=1S/C12H19NO3/c1-6-5-7(2)12(16-4)11(15)9(6)10(14)8(3)13/h5,8,10,14-15H,13H2,1-4H3. The monoisotopic (exact) mass is 225 g/mol. The van der Waals surface area contributed by atoms with Gasteiger partial charge in [0.15, 0.2) is 11.5 Å². The molecule has 1 rings (SSSR count). The smallest absolute Gasteiger partial charge is 0.164 e. The van der Waals surface area contributed by atoms with Gasteiger partial charge < -0.3 is 20.7 Å². The summed E-state index contributed by atoms with van der Waals surface area (Å²) in [5.41, 5.74) is 7.71. The topological polar surface area (TPSA) is 75.7 Å². The van der Waals surface area contributed by atoms with Gasteiger partial charge in [0.05, 0.1) is 13.2 Å². The van der Waals surface area contributed by atoms with Gasteiger partial charge in [-0.2, -0.15) is 0 Å². The number of phenols is 1. The van der Waals surface area contributed by atoms with Crippen molar-refractivity contribution in [1.82, 2.24) is 0 Å². The molecule has 4 N–H and O–H groups in total. The molecule has 0 bridgehead atoms. The highest BCUT2D eigenvalue weighted by atomic mass is 16.5. The van der Waals surface area contributed by atoms with Gasteiger partial charge >= 0.3 is 0 Å². The van der Waals surface area contributed by atoms with E-state index in [2.05, 4.69) is 0 Å². The lowest BCUT2D eigenvalue weighted by molar-refractivity contribution is 0.148. The molecule has 0 saturated carbocycles. The van der Waals surface area contributed by atoms with Crippen molar-refractivity contribution in [2.45, 2.75) is 32.9 Å². The molecule has 0 aliphatic carbocycles. The molecule has 0 fully saturated rings. The molecule has 4 heteroatoms. The fourth-order valence-corrected chi connectivity index (χ4v) is 1.86. The second-order valence-corrected chi connectivity index (χ2v) is 4.11. The Labute approximate surface area is 95.7 Å². The highest BCUT2D eigenvalue weighted by molar-refractivity contribution is 5.55. The maximum absolute atomic E-state index is 10.0. The van der Waals surface area contributed by atoms with E-state index in [1.165, 1.54) is 7.11 Å². The van der Waals surface area contributed by atoms with Crippen molar-refractivity contribution in [3.8, 4) is 11.5 Å². The zero-order chi connectivity index (χ0) is 12.5. The molecule has 2 unspecified atom stereocenters. The molecule has 4 nitrogen and oxygen atoms in total. The van der Waals surface area contributed by atoms with Crippen LogP contribution in [0.2, 0.25) is 0 Å². The maximum atomic E-state index is 10.0. The van der Waals surface area contributed by atoms with Gasteiger partial charge in [-0.05, 0) is 31.9 Å². The van der Waals surface area contributed by atoms with Crippen molar-refractivity contribution in [1.29, 1.82) is 0 Å². The van der Waals surface area contributed by atoms with E-state index in [0.29, 0.717) is 11.3 Å². The molecule has 1 aromatic carbocycles. The van der Waals surface area contributed by atoms with Crippen molar-refractivity contribution in [3.63, 3.8) is 0 Å². The molecule has 16 heavy (non-hydrogen) atoms. The highest BCUT2D eigenvalue weighted by Gasteiger charge is 2.22. The van der Waals surface area contributed by atoms with Gasteiger partial charge in [0.2, 0.25) is 0 Å². The summed E-state index contributed by atoms with van der Waals surface area (Å²) in [6, 6.07) is 1.41. The maximum Gasteiger partial charge on any atom is 0.164 e. The van der Waals surface area contributed by atoms with Crippen LogP contribution in [0.3, 0.4) is 0 Å². The van der Waals surface area contributed by atoms with E-state index in [0.717, 1.165) is 11.1 Å². The molecule has 0 aromatic heterocycles. The molecule has 0 spiro atoms. The molecule has 1 aromatic rings. The summed E-state index contributed by atoms with van der Waals surface area (Å²) >= 11 is 0. The van der Waals surface area contributed by atoms with E-state index in [1.54, 1.807) is 6.92 Å². The minimum atomic E-state index is -0.894. The Morgan fingerprint density at radius 1 is 1.31 bits per heavy atom. The van der Waals surface area contributed by atoms with Crippen molar-refractivity contribution in [3.05, 3.63) is 22.8 Å². The summed E-state index contributed by atoms with van der Waals surface area (Å²) in [4.78, 5) is 0. The molecule has 0 amide bonds. The Balaban J connectivity index is 3.39. The summed E-state index contributed by atoms with van der Waals surface area (Å²) < 4.78 is 5.10. The number of hydrogen-bond acceptors (Lipinski definition) is 4. The molecular formula is C12H19NO3. The highest BCUT2D eigenvalue weighted by Crippen LogP contribution is 2.39.